The number of halogens is 4. The Morgan fingerprint density at radius 1 is 1.03 bits per heavy atom. The number of alkyl halides is 3. The first kappa shape index (κ1) is 26.1. The number of hydrogen-bond donors (Lipinski definition) is 0. The number of benzene rings is 3. The Balaban J connectivity index is 1.37. The van der Waals surface area contributed by atoms with E-state index in [0.717, 1.165) is 28.5 Å². The van der Waals surface area contributed by atoms with E-state index in [0.29, 0.717) is 36.2 Å². The highest BCUT2D eigenvalue weighted by molar-refractivity contribution is 6.00. The van der Waals surface area contributed by atoms with E-state index in [1.807, 2.05) is 48.2 Å². The molecule has 1 saturated heterocycles. The van der Waals surface area contributed by atoms with Crippen molar-refractivity contribution in [2.24, 2.45) is 0 Å². The summed E-state index contributed by atoms with van der Waals surface area (Å²) in [7, 11) is 0. The lowest BCUT2D eigenvalue weighted by Crippen LogP contribution is -2.54. The van der Waals surface area contributed by atoms with Crippen LogP contribution in [0.5, 0.6) is 0 Å². The van der Waals surface area contributed by atoms with Gasteiger partial charge in [0.05, 0.1) is 23.6 Å². The van der Waals surface area contributed by atoms with Crippen LogP contribution in [0.1, 0.15) is 23.6 Å². The van der Waals surface area contributed by atoms with Crippen molar-refractivity contribution in [1.29, 1.82) is 5.26 Å². The number of carbonyl (C=O) groups is 1. The van der Waals surface area contributed by atoms with Gasteiger partial charge >= 0.3 is 6.18 Å². The summed E-state index contributed by atoms with van der Waals surface area (Å²) in [5.41, 5.74) is 0.667. The van der Waals surface area contributed by atoms with Gasteiger partial charge in [-0.1, -0.05) is 42.5 Å². The van der Waals surface area contributed by atoms with Crippen LogP contribution in [-0.2, 0) is 17.4 Å². The SMILES string of the molecule is C[C@H]1CN(c2nnc(-c3ccc(C#N)cc3)c3ccccc23)CCN1C(=O)Cc1ccc(F)cc1C(F)(F)F. The number of anilines is 1. The zero-order chi connectivity index (χ0) is 27.7. The third kappa shape index (κ3) is 5.25. The number of nitriles is 1. The molecule has 0 saturated carbocycles. The molecule has 4 aromatic rings. The molecule has 1 aliphatic rings. The number of carbonyl (C=O) groups excluding carboxylic acids is 1. The standard InChI is InChI=1S/C29H23F4N5O/c1-18-17-37(12-13-38(18)26(39)14-21-10-11-22(30)15-25(21)29(31,32)33)28-24-5-3-2-4-23(24)27(35-36-28)20-8-6-19(16-34)7-9-20/h2-11,15,18H,12-14,17H2,1H3/t18-/m0/s1. The molecule has 0 bridgehead atoms. The lowest BCUT2D eigenvalue weighted by atomic mass is 10.0. The second-order valence-electron chi connectivity index (χ2n) is 9.47. The maximum atomic E-state index is 13.5. The van der Waals surface area contributed by atoms with E-state index in [1.54, 1.807) is 17.0 Å². The predicted molar refractivity (Wildman–Crippen MR) is 138 cm³/mol. The quantitative estimate of drug-likeness (QED) is 0.319. The molecule has 1 aliphatic heterocycles. The van der Waals surface area contributed by atoms with Gasteiger partial charge < -0.3 is 9.80 Å². The van der Waals surface area contributed by atoms with Crippen LogP contribution in [0.25, 0.3) is 22.0 Å². The van der Waals surface area contributed by atoms with E-state index in [-0.39, 0.29) is 18.2 Å². The first-order valence-electron chi connectivity index (χ1n) is 12.3. The first-order valence-corrected chi connectivity index (χ1v) is 12.3. The second-order valence-corrected chi connectivity index (χ2v) is 9.47. The van der Waals surface area contributed by atoms with Gasteiger partial charge in [0, 0.05) is 42.0 Å². The van der Waals surface area contributed by atoms with Crippen molar-refractivity contribution in [1.82, 2.24) is 15.1 Å². The van der Waals surface area contributed by atoms with Gasteiger partial charge in [-0.2, -0.15) is 18.4 Å². The zero-order valence-electron chi connectivity index (χ0n) is 20.9. The van der Waals surface area contributed by atoms with E-state index < -0.39 is 29.9 Å². The number of rotatable bonds is 4. The molecule has 6 nitrogen and oxygen atoms in total. The van der Waals surface area contributed by atoms with E-state index in [1.165, 1.54) is 0 Å². The van der Waals surface area contributed by atoms with Crippen LogP contribution in [0.3, 0.4) is 0 Å². The summed E-state index contributed by atoms with van der Waals surface area (Å²) in [6, 6.07) is 19.0. The molecule has 0 aliphatic carbocycles. The van der Waals surface area contributed by atoms with Crippen LogP contribution < -0.4 is 4.90 Å². The highest BCUT2D eigenvalue weighted by Crippen LogP contribution is 2.34. The van der Waals surface area contributed by atoms with Gasteiger partial charge in [0.25, 0.3) is 0 Å². The highest BCUT2D eigenvalue weighted by atomic mass is 19.4. The van der Waals surface area contributed by atoms with Crippen LogP contribution in [0, 0.1) is 17.1 Å². The molecule has 2 heterocycles. The minimum atomic E-state index is -4.76. The summed E-state index contributed by atoms with van der Waals surface area (Å²) in [5.74, 6) is -0.801. The molecule has 3 aromatic carbocycles. The summed E-state index contributed by atoms with van der Waals surface area (Å²) in [6.07, 6.45) is -5.23. The Bertz CT molecular complexity index is 1580. The molecule has 0 unspecified atom stereocenters. The number of piperazine rings is 1. The molecule has 1 aromatic heterocycles. The molecule has 0 radical (unpaired) electrons. The topological polar surface area (TPSA) is 73.1 Å². The number of aromatic nitrogens is 2. The van der Waals surface area contributed by atoms with Crippen LogP contribution in [0.4, 0.5) is 23.4 Å². The minimum absolute atomic E-state index is 0.251. The van der Waals surface area contributed by atoms with Gasteiger partial charge in [-0.25, -0.2) is 4.39 Å². The summed E-state index contributed by atoms with van der Waals surface area (Å²) in [4.78, 5) is 16.6. The van der Waals surface area contributed by atoms with Gasteiger partial charge in [-0.3, -0.25) is 4.79 Å². The van der Waals surface area contributed by atoms with Crippen molar-refractivity contribution < 1.29 is 22.4 Å². The predicted octanol–water partition coefficient (Wildman–Crippen LogP) is 5.61. The Morgan fingerprint density at radius 3 is 2.41 bits per heavy atom. The average Bonchev–Trinajstić information content (AvgIpc) is 2.93. The molecule has 1 atom stereocenters. The third-order valence-electron chi connectivity index (χ3n) is 6.92. The van der Waals surface area contributed by atoms with Crippen molar-refractivity contribution in [3.8, 4) is 17.3 Å². The van der Waals surface area contributed by atoms with E-state index in [4.69, 9.17) is 5.26 Å². The highest BCUT2D eigenvalue weighted by Gasteiger charge is 2.36. The molecule has 10 heteroatoms. The van der Waals surface area contributed by atoms with Crippen LogP contribution in [0.2, 0.25) is 0 Å². The number of amides is 1. The molecule has 198 valence electrons. The summed E-state index contributed by atoms with van der Waals surface area (Å²) in [6.45, 7) is 2.95. The Hall–Kier alpha value is -4.52. The number of nitrogens with zero attached hydrogens (tertiary/aromatic N) is 5. The third-order valence-corrected chi connectivity index (χ3v) is 6.92. The van der Waals surface area contributed by atoms with Gasteiger partial charge in [-0.15, -0.1) is 10.2 Å². The maximum Gasteiger partial charge on any atom is 0.416 e. The van der Waals surface area contributed by atoms with Crippen LogP contribution in [-0.4, -0.2) is 46.7 Å². The summed E-state index contributed by atoms with van der Waals surface area (Å²) < 4.78 is 53.7. The molecule has 0 spiro atoms. The fourth-order valence-electron chi connectivity index (χ4n) is 4.99. The molecule has 5 rings (SSSR count). The van der Waals surface area contributed by atoms with Crippen molar-refractivity contribution in [2.45, 2.75) is 25.6 Å². The smallest absolute Gasteiger partial charge is 0.351 e. The fraction of sp³-hybridized carbons (Fsp3) is 0.241. The second kappa shape index (κ2) is 10.3. The molecule has 39 heavy (non-hydrogen) atoms. The normalized spacial score (nSPS) is 15.8. The van der Waals surface area contributed by atoms with Gasteiger partial charge in [0.1, 0.15) is 11.5 Å². The lowest BCUT2D eigenvalue weighted by Gasteiger charge is -2.40. The summed E-state index contributed by atoms with van der Waals surface area (Å²) in [5, 5.41) is 19.9. The molecule has 1 fully saturated rings. The Morgan fingerprint density at radius 2 is 1.74 bits per heavy atom. The fourth-order valence-corrected chi connectivity index (χ4v) is 4.99. The van der Waals surface area contributed by atoms with E-state index in [2.05, 4.69) is 16.3 Å². The Kier molecular flexibility index (Phi) is 6.91. The molecule has 0 N–H and O–H groups in total. The van der Waals surface area contributed by atoms with Crippen molar-refractivity contribution in [3.05, 3.63) is 89.2 Å². The number of hydrogen-bond acceptors (Lipinski definition) is 5. The van der Waals surface area contributed by atoms with E-state index in [9.17, 15) is 22.4 Å². The van der Waals surface area contributed by atoms with Gasteiger partial charge in [-0.05, 0) is 36.8 Å². The van der Waals surface area contributed by atoms with Crippen LogP contribution in [0.15, 0.2) is 66.7 Å². The average molecular weight is 534 g/mol. The van der Waals surface area contributed by atoms with Crippen molar-refractivity contribution in [3.63, 3.8) is 0 Å². The van der Waals surface area contributed by atoms with Crippen LogP contribution >= 0.6 is 0 Å². The molecular weight excluding hydrogens is 510 g/mol. The first-order chi connectivity index (χ1) is 18.7. The molecule has 1 amide bonds. The zero-order valence-corrected chi connectivity index (χ0v) is 20.9. The summed E-state index contributed by atoms with van der Waals surface area (Å²) >= 11 is 0. The largest absolute Gasteiger partial charge is 0.416 e. The van der Waals surface area contributed by atoms with Gasteiger partial charge in [0.15, 0.2) is 5.82 Å². The van der Waals surface area contributed by atoms with Crippen molar-refractivity contribution in [2.75, 3.05) is 24.5 Å². The maximum absolute atomic E-state index is 13.5. The Labute approximate surface area is 222 Å². The monoisotopic (exact) mass is 533 g/mol. The minimum Gasteiger partial charge on any atom is -0.351 e. The van der Waals surface area contributed by atoms with Crippen molar-refractivity contribution >= 4 is 22.5 Å². The molecular formula is C29H23F4N5O. The van der Waals surface area contributed by atoms with Gasteiger partial charge in [0.2, 0.25) is 5.91 Å². The number of fused-ring (bicyclic) bond motifs is 1. The van der Waals surface area contributed by atoms with E-state index >= 15 is 0 Å². The lowest BCUT2D eigenvalue weighted by molar-refractivity contribution is -0.139.